The predicted octanol–water partition coefficient (Wildman–Crippen LogP) is 3.45. The lowest BCUT2D eigenvalue weighted by Gasteiger charge is -2.42. The molecule has 2 saturated heterocycles. The topological polar surface area (TPSA) is 129 Å². The van der Waals surface area contributed by atoms with Crippen molar-refractivity contribution < 1.29 is 4.74 Å². The maximum atomic E-state index is 13.6. The van der Waals surface area contributed by atoms with Gasteiger partial charge in [-0.3, -0.25) is 14.9 Å². The lowest BCUT2D eigenvalue weighted by atomic mass is 9.73. The Bertz CT molecular complexity index is 1700. The smallest absolute Gasteiger partial charge is 0.263 e. The fourth-order valence-electron chi connectivity index (χ4n) is 7.46. The van der Waals surface area contributed by atoms with Gasteiger partial charge in [0.25, 0.3) is 5.56 Å². The van der Waals surface area contributed by atoms with E-state index in [1.165, 1.54) is 11.1 Å². The molecule has 3 fully saturated rings. The molecule has 0 unspecified atom stereocenters. The number of rotatable bonds is 4. The maximum absolute atomic E-state index is 13.6. The summed E-state index contributed by atoms with van der Waals surface area (Å²) in [6.07, 6.45) is 6.46. The Morgan fingerprint density at radius 2 is 1.80 bits per heavy atom. The van der Waals surface area contributed by atoms with Crippen molar-refractivity contribution in [1.82, 2.24) is 25.1 Å². The van der Waals surface area contributed by atoms with Crippen molar-refractivity contribution >= 4 is 34.4 Å². The van der Waals surface area contributed by atoms with Gasteiger partial charge in [-0.1, -0.05) is 35.9 Å². The number of ether oxygens (including phenoxy) is 1. The summed E-state index contributed by atoms with van der Waals surface area (Å²) in [5.74, 6) is 1.34. The van der Waals surface area contributed by atoms with E-state index in [2.05, 4.69) is 54.2 Å². The number of H-pyrrole nitrogens is 2. The predicted molar refractivity (Wildman–Crippen MR) is 158 cm³/mol. The summed E-state index contributed by atoms with van der Waals surface area (Å²) >= 11 is 7.00. The van der Waals surface area contributed by atoms with Crippen molar-refractivity contribution in [3.63, 3.8) is 0 Å². The minimum absolute atomic E-state index is 0.0442. The number of hydrogen-bond acceptors (Lipinski definition) is 8. The molecule has 4 aromatic rings. The molecule has 1 spiro atoms. The van der Waals surface area contributed by atoms with Crippen LogP contribution in [-0.2, 0) is 16.6 Å². The number of halogens is 1. The van der Waals surface area contributed by atoms with E-state index in [9.17, 15) is 4.79 Å². The number of fused-ring (bicyclic) bond motifs is 2. The van der Waals surface area contributed by atoms with Crippen LogP contribution < -0.4 is 21.1 Å². The Hall–Kier alpha value is -3.47. The van der Waals surface area contributed by atoms with Crippen molar-refractivity contribution in [2.24, 2.45) is 11.1 Å². The van der Waals surface area contributed by atoms with Gasteiger partial charge in [0.2, 0.25) is 5.95 Å². The Labute approximate surface area is 242 Å². The summed E-state index contributed by atoms with van der Waals surface area (Å²) in [6.45, 7) is 4.38. The van der Waals surface area contributed by atoms with Crippen molar-refractivity contribution in [3.05, 3.63) is 74.3 Å². The van der Waals surface area contributed by atoms with Crippen molar-refractivity contribution in [2.45, 2.75) is 43.6 Å². The zero-order valence-electron chi connectivity index (χ0n) is 22.8. The average molecular weight is 573 g/mol. The van der Waals surface area contributed by atoms with Gasteiger partial charge in [0.05, 0.1) is 23.9 Å². The van der Waals surface area contributed by atoms with Crippen LogP contribution in [0.3, 0.4) is 0 Å². The van der Waals surface area contributed by atoms with E-state index in [1.807, 2.05) is 12.3 Å². The molecule has 1 aromatic carbocycles. The van der Waals surface area contributed by atoms with E-state index in [1.54, 1.807) is 0 Å². The fraction of sp³-hybridized carbons (Fsp3) is 0.467. The van der Waals surface area contributed by atoms with Gasteiger partial charge in [-0.25, -0.2) is 4.98 Å². The van der Waals surface area contributed by atoms with Gasteiger partial charge in [-0.15, -0.1) is 0 Å². The van der Waals surface area contributed by atoms with E-state index >= 15 is 0 Å². The molecule has 11 heteroatoms. The monoisotopic (exact) mass is 572 g/mol. The second kappa shape index (κ2) is 9.27. The molecule has 212 valence electrons. The Balaban J connectivity index is 1.08. The van der Waals surface area contributed by atoms with Crippen molar-refractivity contribution in [3.8, 4) is 0 Å². The zero-order chi connectivity index (χ0) is 27.8. The molecule has 8 rings (SSSR count). The number of piperidine rings is 1. The third-order valence-corrected chi connectivity index (χ3v) is 10.4. The first-order chi connectivity index (χ1) is 20.0. The van der Waals surface area contributed by atoms with Crippen molar-refractivity contribution in [1.29, 1.82) is 0 Å². The number of morpholine rings is 1. The molecule has 4 N–H and O–H groups in total. The summed E-state index contributed by atoms with van der Waals surface area (Å²) in [5, 5.41) is 8.86. The third-order valence-electron chi connectivity index (χ3n) is 9.99. The average Bonchev–Trinajstić information content (AvgIpc) is 3.60. The summed E-state index contributed by atoms with van der Waals surface area (Å²) in [4.78, 5) is 30.4. The molecule has 2 aliphatic carbocycles. The van der Waals surface area contributed by atoms with Gasteiger partial charge in [0.15, 0.2) is 5.65 Å². The lowest BCUT2D eigenvalue weighted by molar-refractivity contribution is 0.122. The Kier molecular flexibility index (Phi) is 5.71. The molecular formula is C30H33ClN8O2. The number of nitrogens with two attached hydrogens (primary N) is 1. The summed E-state index contributed by atoms with van der Waals surface area (Å²) in [6, 6.07) is 10.6. The lowest BCUT2D eigenvalue weighted by Crippen LogP contribution is -2.45. The summed E-state index contributed by atoms with van der Waals surface area (Å²) in [5.41, 5.74) is 11.1. The molecule has 1 saturated carbocycles. The van der Waals surface area contributed by atoms with Gasteiger partial charge in [0.1, 0.15) is 11.2 Å². The molecule has 4 aliphatic rings. The molecule has 2 aliphatic heterocycles. The number of nitrogens with one attached hydrogen (secondary N) is 2. The normalized spacial score (nSPS) is 22.8. The first-order valence-electron chi connectivity index (χ1n) is 14.5. The molecule has 0 radical (unpaired) electrons. The van der Waals surface area contributed by atoms with Crippen LogP contribution in [0.5, 0.6) is 0 Å². The van der Waals surface area contributed by atoms with Crippen LogP contribution in [0.4, 0.5) is 11.8 Å². The number of nitrogens with zero attached hydrogens (tertiary/aromatic N) is 5. The number of aromatic nitrogens is 5. The highest BCUT2D eigenvalue weighted by molar-refractivity contribution is 6.34. The van der Waals surface area contributed by atoms with Crippen LogP contribution in [0, 0.1) is 5.41 Å². The maximum Gasteiger partial charge on any atom is 0.263 e. The highest BCUT2D eigenvalue weighted by Gasteiger charge is 2.51. The number of anilines is 2. The molecule has 1 atom stereocenters. The highest BCUT2D eigenvalue weighted by atomic mass is 35.5. The summed E-state index contributed by atoms with van der Waals surface area (Å²) < 4.78 is 5.51. The molecule has 5 heterocycles. The molecule has 0 amide bonds. The second-order valence-electron chi connectivity index (χ2n) is 12.1. The van der Waals surface area contributed by atoms with Gasteiger partial charge >= 0.3 is 0 Å². The van der Waals surface area contributed by atoms with Crippen LogP contribution in [0.1, 0.15) is 54.1 Å². The van der Waals surface area contributed by atoms with Gasteiger partial charge in [-0.05, 0) is 60.3 Å². The highest BCUT2D eigenvalue weighted by Crippen LogP contribution is 2.57. The molecule has 41 heavy (non-hydrogen) atoms. The minimum Gasteiger partial charge on any atom is -0.378 e. The second-order valence-corrected chi connectivity index (χ2v) is 12.4. The van der Waals surface area contributed by atoms with E-state index in [0.717, 1.165) is 75.4 Å². The largest absolute Gasteiger partial charge is 0.378 e. The van der Waals surface area contributed by atoms with Gasteiger partial charge < -0.3 is 20.3 Å². The van der Waals surface area contributed by atoms with Crippen molar-refractivity contribution in [2.75, 3.05) is 49.2 Å². The summed E-state index contributed by atoms with van der Waals surface area (Å²) in [7, 11) is 0. The van der Waals surface area contributed by atoms with Crippen LogP contribution >= 0.6 is 11.6 Å². The van der Waals surface area contributed by atoms with Crippen LogP contribution in [0.2, 0.25) is 5.02 Å². The number of benzene rings is 1. The van der Waals surface area contributed by atoms with E-state index < -0.39 is 5.41 Å². The fourth-order valence-corrected chi connectivity index (χ4v) is 7.88. The van der Waals surface area contributed by atoms with E-state index in [-0.39, 0.29) is 17.0 Å². The van der Waals surface area contributed by atoms with E-state index in [4.69, 9.17) is 27.1 Å². The standard InChI is InChI=1S/C30H33ClN8O2/c31-22-20(5-10-33-26(22)38-13-15-41-16-14-38)30(6-7-30)24-21-25(37-36-24)34-28(35-27(21)40)39-11-8-29(9-12-39)17-18-3-1-2-4-19(18)23(29)32/h1-5,10,23H,6-9,11-17,32H2,(H2,34,35,36,37,40)/t23-/m1/s1. The van der Waals surface area contributed by atoms with Crippen LogP contribution in [-0.4, -0.2) is 64.5 Å². The zero-order valence-corrected chi connectivity index (χ0v) is 23.6. The first-order valence-corrected chi connectivity index (χ1v) is 14.9. The number of hydrogen-bond donors (Lipinski definition) is 3. The Morgan fingerprint density at radius 3 is 2.56 bits per heavy atom. The minimum atomic E-state index is -0.406. The molecule has 0 bridgehead atoms. The molecule has 3 aromatic heterocycles. The van der Waals surface area contributed by atoms with Crippen LogP contribution in [0.15, 0.2) is 41.3 Å². The molecular weight excluding hydrogens is 540 g/mol. The third kappa shape index (κ3) is 3.84. The molecule has 10 nitrogen and oxygen atoms in total. The number of aromatic amines is 2. The van der Waals surface area contributed by atoms with Crippen LogP contribution in [0.25, 0.3) is 11.0 Å². The quantitative estimate of drug-likeness (QED) is 0.339. The van der Waals surface area contributed by atoms with Gasteiger partial charge in [0, 0.05) is 43.8 Å². The first kappa shape index (κ1) is 25.3. The van der Waals surface area contributed by atoms with E-state index in [0.29, 0.717) is 35.2 Å². The SMILES string of the molecule is N[C@@H]1c2ccccc2CC12CCN(c1nc3n[nH]c(C4(c5ccnc(N6CCOCC6)c5Cl)CC4)c3c(=O)[nH]1)CC2. The number of pyridine rings is 1. The van der Waals surface area contributed by atoms with Gasteiger partial charge in [-0.2, -0.15) is 10.1 Å². The Morgan fingerprint density at radius 1 is 1.02 bits per heavy atom.